The van der Waals surface area contributed by atoms with Crippen molar-refractivity contribution in [1.82, 2.24) is 4.90 Å². The third kappa shape index (κ3) is 13.2. The van der Waals surface area contributed by atoms with E-state index in [1.54, 1.807) is 12.2 Å². The lowest BCUT2D eigenvalue weighted by molar-refractivity contribution is 0.402. The SMILES string of the molecule is C=CC.C=Cc1cccc(C#N)c1CN(C)C.CC.CC.CCc1cccc(C#N)c1C. The molecule has 3 nitrogen and oxygen atoms in total. The van der Waals surface area contributed by atoms with Gasteiger partial charge in [-0.3, -0.25) is 0 Å². The molecule has 0 atom stereocenters. The van der Waals surface area contributed by atoms with E-state index in [0.717, 1.165) is 40.8 Å². The van der Waals surface area contributed by atoms with Crippen LogP contribution in [0, 0.1) is 29.6 Å². The van der Waals surface area contributed by atoms with Crippen LogP contribution in [0.1, 0.15) is 74.9 Å². The fourth-order valence-electron chi connectivity index (χ4n) is 2.58. The normalized spacial score (nSPS) is 8.25. The second-order valence-electron chi connectivity index (χ2n) is 6.39. The molecule has 0 radical (unpaired) electrons. The lowest BCUT2D eigenvalue weighted by atomic mass is 10.0. The van der Waals surface area contributed by atoms with E-state index in [2.05, 4.69) is 38.3 Å². The molecule has 0 saturated carbocycles. The Labute approximate surface area is 198 Å². The summed E-state index contributed by atoms with van der Waals surface area (Å²) in [5, 5.41) is 17.6. The van der Waals surface area contributed by atoms with Crippen molar-refractivity contribution in [2.75, 3.05) is 14.1 Å². The summed E-state index contributed by atoms with van der Waals surface area (Å²) in [6, 6.07) is 15.9. The second-order valence-corrected chi connectivity index (χ2v) is 6.39. The zero-order valence-corrected chi connectivity index (χ0v) is 21.8. The molecule has 0 aliphatic rings. The zero-order chi connectivity index (χ0) is 25.5. The monoisotopic (exact) mass is 433 g/mol. The van der Waals surface area contributed by atoms with E-state index in [1.165, 1.54) is 5.56 Å². The van der Waals surface area contributed by atoms with Gasteiger partial charge < -0.3 is 4.90 Å². The summed E-state index contributed by atoms with van der Waals surface area (Å²) in [6.45, 7) is 21.9. The Hall–Kier alpha value is -3.14. The summed E-state index contributed by atoms with van der Waals surface area (Å²) < 4.78 is 0. The first-order chi connectivity index (χ1) is 15.4. The van der Waals surface area contributed by atoms with Gasteiger partial charge in [0.2, 0.25) is 0 Å². The van der Waals surface area contributed by atoms with Crippen molar-refractivity contribution in [2.45, 2.75) is 61.4 Å². The number of nitrogens with zero attached hydrogens (tertiary/aromatic N) is 3. The molecule has 0 heterocycles. The minimum Gasteiger partial charge on any atom is -0.305 e. The number of aryl methyl sites for hydroxylation is 1. The fourth-order valence-corrected chi connectivity index (χ4v) is 2.58. The molecule has 0 spiro atoms. The molecule has 0 N–H and O–H groups in total. The van der Waals surface area contributed by atoms with Crippen LogP contribution in [0.5, 0.6) is 0 Å². The highest BCUT2D eigenvalue weighted by Gasteiger charge is 2.06. The molecule has 32 heavy (non-hydrogen) atoms. The Morgan fingerprint density at radius 3 is 1.78 bits per heavy atom. The standard InChI is InChI=1S/C12H14N2.C10H11N.C3H6.2C2H6/c1-4-10-6-5-7-11(8-13)12(10)9-14(2)3;1-3-9-5-4-6-10(7-11)8(9)2;1-3-2;2*1-2/h4-7H,1,9H2,2-3H3;4-6H,3H2,1-2H3;3H,1H2,2H3;2*1-2H3. The van der Waals surface area contributed by atoms with Crippen LogP contribution in [0.4, 0.5) is 0 Å². The average Bonchev–Trinajstić information content (AvgIpc) is 2.82. The highest BCUT2D eigenvalue weighted by atomic mass is 15.0. The van der Waals surface area contributed by atoms with Crippen LogP contribution in [0.15, 0.2) is 55.6 Å². The van der Waals surface area contributed by atoms with Crippen molar-refractivity contribution in [3.8, 4) is 12.1 Å². The van der Waals surface area contributed by atoms with E-state index in [4.69, 9.17) is 10.5 Å². The first kappa shape index (κ1) is 33.5. The van der Waals surface area contributed by atoms with Gasteiger partial charge in [-0.25, -0.2) is 0 Å². The van der Waals surface area contributed by atoms with Crippen molar-refractivity contribution in [3.05, 3.63) is 89.0 Å². The molecular weight excluding hydrogens is 390 g/mol. The van der Waals surface area contributed by atoms with E-state index >= 15 is 0 Å². The van der Waals surface area contributed by atoms with E-state index in [0.29, 0.717) is 0 Å². The average molecular weight is 434 g/mol. The maximum Gasteiger partial charge on any atom is 0.0995 e. The highest BCUT2D eigenvalue weighted by Crippen LogP contribution is 2.16. The van der Waals surface area contributed by atoms with E-state index in [-0.39, 0.29) is 0 Å². The second kappa shape index (κ2) is 22.5. The first-order valence-corrected chi connectivity index (χ1v) is 11.2. The number of hydrogen-bond donors (Lipinski definition) is 0. The first-order valence-electron chi connectivity index (χ1n) is 11.2. The number of rotatable bonds is 4. The Morgan fingerprint density at radius 1 is 0.906 bits per heavy atom. The van der Waals surface area contributed by atoms with Gasteiger partial charge in [0.25, 0.3) is 0 Å². The summed E-state index contributed by atoms with van der Waals surface area (Å²) in [5.74, 6) is 0. The van der Waals surface area contributed by atoms with Crippen molar-refractivity contribution in [1.29, 1.82) is 10.5 Å². The van der Waals surface area contributed by atoms with Gasteiger partial charge in [0, 0.05) is 6.54 Å². The van der Waals surface area contributed by atoms with Gasteiger partial charge in [0.1, 0.15) is 0 Å². The van der Waals surface area contributed by atoms with Crippen LogP contribution in [-0.2, 0) is 13.0 Å². The third-order valence-corrected chi connectivity index (χ3v) is 3.97. The Bertz CT molecular complexity index is 850. The molecule has 0 aliphatic carbocycles. The lowest BCUT2D eigenvalue weighted by Crippen LogP contribution is -2.12. The number of nitriles is 2. The van der Waals surface area contributed by atoms with Crippen LogP contribution in [0.3, 0.4) is 0 Å². The number of benzene rings is 2. The molecule has 174 valence electrons. The molecule has 0 bridgehead atoms. The van der Waals surface area contributed by atoms with Gasteiger partial charge in [-0.2, -0.15) is 10.5 Å². The Kier molecular flexibility index (Phi) is 23.6. The van der Waals surface area contributed by atoms with Crippen LogP contribution in [-0.4, -0.2) is 19.0 Å². The lowest BCUT2D eigenvalue weighted by Gasteiger charge is -2.13. The largest absolute Gasteiger partial charge is 0.305 e. The molecule has 2 aromatic rings. The molecule has 0 aliphatic heterocycles. The van der Waals surface area contributed by atoms with Crippen LogP contribution in [0.25, 0.3) is 6.08 Å². The molecule has 0 aromatic heterocycles. The van der Waals surface area contributed by atoms with Crippen LogP contribution >= 0.6 is 0 Å². The third-order valence-electron chi connectivity index (χ3n) is 3.97. The van der Waals surface area contributed by atoms with E-state index in [9.17, 15) is 0 Å². The summed E-state index contributed by atoms with van der Waals surface area (Å²) in [6.07, 6.45) is 4.54. The molecule has 3 heteroatoms. The Morgan fingerprint density at radius 2 is 1.38 bits per heavy atom. The number of hydrogen-bond acceptors (Lipinski definition) is 3. The minimum absolute atomic E-state index is 0.733. The van der Waals surface area contributed by atoms with E-state index < -0.39 is 0 Å². The molecule has 2 aromatic carbocycles. The highest BCUT2D eigenvalue weighted by molar-refractivity contribution is 5.57. The topological polar surface area (TPSA) is 50.8 Å². The molecule has 0 unspecified atom stereocenters. The van der Waals surface area contributed by atoms with Crippen molar-refractivity contribution >= 4 is 6.08 Å². The summed E-state index contributed by atoms with van der Waals surface area (Å²) in [4.78, 5) is 2.04. The predicted octanol–water partition coefficient (Wildman–Crippen LogP) is 7.94. The van der Waals surface area contributed by atoms with Gasteiger partial charge in [-0.15, -0.1) is 6.58 Å². The van der Waals surface area contributed by atoms with Gasteiger partial charge >= 0.3 is 0 Å². The van der Waals surface area contributed by atoms with Gasteiger partial charge in [-0.05, 0) is 68.8 Å². The molecule has 0 fully saturated rings. The maximum atomic E-state index is 8.95. The predicted molar refractivity (Wildman–Crippen MR) is 142 cm³/mol. The Balaban J connectivity index is -0.000000417. The molecule has 0 saturated heterocycles. The van der Waals surface area contributed by atoms with Crippen molar-refractivity contribution in [3.63, 3.8) is 0 Å². The summed E-state index contributed by atoms with van der Waals surface area (Å²) in [7, 11) is 3.97. The fraction of sp³-hybridized carbons (Fsp3) is 0.379. The summed E-state index contributed by atoms with van der Waals surface area (Å²) >= 11 is 0. The van der Waals surface area contributed by atoms with E-state index in [1.807, 2.05) is 90.9 Å². The zero-order valence-electron chi connectivity index (χ0n) is 21.8. The maximum absolute atomic E-state index is 8.95. The minimum atomic E-state index is 0.733. The van der Waals surface area contributed by atoms with Gasteiger partial charge in [-0.1, -0.05) is 77.6 Å². The summed E-state index contributed by atoms with van der Waals surface area (Å²) in [5.41, 5.74) is 6.01. The van der Waals surface area contributed by atoms with Crippen LogP contribution in [0.2, 0.25) is 0 Å². The number of allylic oxidation sites excluding steroid dienone is 1. The van der Waals surface area contributed by atoms with Crippen molar-refractivity contribution < 1.29 is 0 Å². The quantitative estimate of drug-likeness (QED) is 0.460. The molecular formula is C29H43N3. The van der Waals surface area contributed by atoms with Crippen molar-refractivity contribution in [2.24, 2.45) is 0 Å². The molecule has 2 rings (SSSR count). The van der Waals surface area contributed by atoms with Crippen LogP contribution < -0.4 is 0 Å². The smallest absolute Gasteiger partial charge is 0.0995 e. The molecule has 0 amide bonds. The van der Waals surface area contributed by atoms with Gasteiger partial charge in [0.05, 0.1) is 23.3 Å². The van der Waals surface area contributed by atoms with Gasteiger partial charge in [0.15, 0.2) is 0 Å².